The van der Waals surface area contributed by atoms with Crippen molar-refractivity contribution < 1.29 is 4.74 Å². The van der Waals surface area contributed by atoms with Crippen molar-refractivity contribution in [2.75, 3.05) is 11.5 Å². The van der Waals surface area contributed by atoms with Gasteiger partial charge in [0.15, 0.2) is 5.11 Å². The summed E-state index contributed by atoms with van der Waals surface area (Å²) in [7, 11) is 0. The van der Waals surface area contributed by atoms with Gasteiger partial charge in [-0.05, 0) is 91.3 Å². The lowest BCUT2D eigenvalue weighted by Gasteiger charge is -2.29. The quantitative estimate of drug-likeness (QED) is 0.302. The summed E-state index contributed by atoms with van der Waals surface area (Å²) >= 11 is 5.90. The van der Waals surface area contributed by atoms with E-state index >= 15 is 0 Å². The van der Waals surface area contributed by atoms with Crippen LogP contribution in [0.2, 0.25) is 0 Å². The second kappa shape index (κ2) is 9.92. The standard InChI is InChI=1S/C29H30N4OS/c1-4-34-24-16-14-22(15-17-24)32-19-7-9-26(32)28-27(25-8-5-6-18-30-25)31-29(35)33(28)23-12-10-21(11-13-23)20(2)3/h5-20,27-28H,4H2,1-3H3,(H,31,35)/t27-,28-/m0/s1. The highest BCUT2D eigenvalue weighted by Gasteiger charge is 2.42. The first-order valence-corrected chi connectivity index (χ1v) is 12.5. The van der Waals surface area contributed by atoms with Gasteiger partial charge in [0.05, 0.1) is 18.3 Å². The summed E-state index contributed by atoms with van der Waals surface area (Å²) in [6.45, 7) is 7.06. The molecular formula is C29H30N4OS. The lowest BCUT2D eigenvalue weighted by molar-refractivity contribution is 0.340. The second-order valence-electron chi connectivity index (χ2n) is 8.97. The molecule has 6 heteroatoms. The Balaban J connectivity index is 1.60. The predicted molar refractivity (Wildman–Crippen MR) is 145 cm³/mol. The minimum absolute atomic E-state index is 0.0798. The Labute approximate surface area is 212 Å². The van der Waals surface area contributed by atoms with E-state index in [2.05, 4.69) is 94.4 Å². The van der Waals surface area contributed by atoms with Gasteiger partial charge >= 0.3 is 0 Å². The van der Waals surface area contributed by atoms with Crippen LogP contribution in [0.3, 0.4) is 0 Å². The minimum atomic E-state index is -0.0928. The number of nitrogens with zero attached hydrogens (tertiary/aromatic N) is 3. The molecule has 5 rings (SSSR count). The number of benzene rings is 2. The average Bonchev–Trinajstić information content (AvgIpc) is 3.49. The molecule has 4 aromatic rings. The first-order chi connectivity index (χ1) is 17.1. The summed E-state index contributed by atoms with van der Waals surface area (Å²) in [5.74, 6) is 1.34. The van der Waals surface area contributed by atoms with Crippen LogP contribution in [0.4, 0.5) is 5.69 Å². The maximum Gasteiger partial charge on any atom is 0.174 e. The third-order valence-corrected chi connectivity index (χ3v) is 6.76. The maximum absolute atomic E-state index is 5.90. The van der Waals surface area contributed by atoms with Crippen LogP contribution in [0.25, 0.3) is 5.69 Å². The molecule has 3 heterocycles. The van der Waals surface area contributed by atoms with Crippen molar-refractivity contribution in [1.82, 2.24) is 14.9 Å². The number of aromatic nitrogens is 2. The summed E-state index contributed by atoms with van der Waals surface area (Å²) in [4.78, 5) is 6.90. The van der Waals surface area contributed by atoms with Gasteiger partial charge in [-0.1, -0.05) is 32.0 Å². The summed E-state index contributed by atoms with van der Waals surface area (Å²) in [5.41, 5.74) is 5.53. The van der Waals surface area contributed by atoms with Crippen molar-refractivity contribution in [1.29, 1.82) is 0 Å². The summed E-state index contributed by atoms with van der Waals surface area (Å²) in [6.07, 6.45) is 3.94. The molecule has 0 bridgehead atoms. The molecule has 0 radical (unpaired) electrons. The van der Waals surface area contributed by atoms with Gasteiger partial charge in [-0.15, -0.1) is 0 Å². The first kappa shape index (κ1) is 23.1. The molecule has 0 unspecified atom stereocenters. The van der Waals surface area contributed by atoms with Crippen molar-refractivity contribution >= 4 is 23.0 Å². The number of anilines is 1. The Kier molecular flexibility index (Phi) is 6.55. The lowest BCUT2D eigenvalue weighted by Crippen LogP contribution is -2.30. The van der Waals surface area contributed by atoms with Gasteiger partial charge in [-0.2, -0.15) is 0 Å². The highest BCUT2D eigenvalue weighted by atomic mass is 32.1. The van der Waals surface area contributed by atoms with Crippen LogP contribution in [0.5, 0.6) is 5.75 Å². The number of nitrogens with one attached hydrogen (secondary N) is 1. The predicted octanol–water partition coefficient (Wildman–Crippen LogP) is 6.57. The van der Waals surface area contributed by atoms with Crippen LogP contribution in [0, 0.1) is 0 Å². The highest BCUT2D eigenvalue weighted by molar-refractivity contribution is 7.80. The van der Waals surface area contributed by atoms with E-state index in [-0.39, 0.29) is 12.1 Å². The molecule has 178 valence electrons. The van der Waals surface area contributed by atoms with Crippen molar-refractivity contribution in [3.05, 3.63) is 108 Å². The Morgan fingerprint density at radius 2 is 1.69 bits per heavy atom. The Hall–Kier alpha value is -3.64. The van der Waals surface area contributed by atoms with Gasteiger partial charge in [0.1, 0.15) is 11.8 Å². The van der Waals surface area contributed by atoms with Crippen LogP contribution in [-0.4, -0.2) is 21.3 Å². The molecule has 0 saturated carbocycles. The smallest absolute Gasteiger partial charge is 0.174 e. The highest BCUT2D eigenvalue weighted by Crippen LogP contribution is 2.42. The van der Waals surface area contributed by atoms with Crippen LogP contribution in [0.15, 0.2) is 91.3 Å². The molecule has 1 aliphatic rings. The summed E-state index contributed by atoms with van der Waals surface area (Å²) in [5, 5.41) is 4.26. The molecule has 5 nitrogen and oxygen atoms in total. The van der Waals surface area contributed by atoms with Gasteiger partial charge in [0.25, 0.3) is 0 Å². The third kappa shape index (κ3) is 4.54. The molecule has 1 fully saturated rings. The fraction of sp³-hybridized carbons (Fsp3) is 0.241. The average molecular weight is 483 g/mol. The molecule has 35 heavy (non-hydrogen) atoms. The summed E-state index contributed by atoms with van der Waals surface area (Å²) < 4.78 is 7.87. The third-order valence-electron chi connectivity index (χ3n) is 6.45. The molecular weight excluding hydrogens is 452 g/mol. The zero-order valence-electron chi connectivity index (χ0n) is 20.3. The van der Waals surface area contributed by atoms with Crippen LogP contribution >= 0.6 is 12.2 Å². The number of pyridine rings is 1. The molecule has 2 aromatic carbocycles. The monoisotopic (exact) mass is 482 g/mol. The zero-order chi connectivity index (χ0) is 24.4. The SMILES string of the molecule is CCOc1ccc(-n2cccc2[C@H]2[C@H](c3ccccn3)NC(=S)N2c2ccc(C(C)C)cc2)cc1. The van der Waals surface area contributed by atoms with E-state index in [0.29, 0.717) is 17.6 Å². The van der Waals surface area contributed by atoms with Gasteiger partial charge in [0.2, 0.25) is 0 Å². The minimum Gasteiger partial charge on any atom is -0.494 e. The van der Waals surface area contributed by atoms with Crippen molar-refractivity contribution in [2.24, 2.45) is 0 Å². The second-order valence-corrected chi connectivity index (χ2v) is 9.36. The number of hydrogen-bond donors (Lipinski definition) is 1. The largest absolute Gasteiger partial charge is 0.494 e. The van der Waals surface area contributed by atoms with Crippen molar-refractivity contribution in [3.63, 3.8) is 0 Å². The van der Waals surface area contributed by atoms with Gasteiger partial charge in [-0.25, -0.2) is 0 Å². The fourth-order valence-electron chi connectivity index (χ4n) is 4.69. The molecule has 1 aliphatic heterocycles. The molecule has 0 amide bonds. The van der Waals surface area contributed by atoms with Gasteiger partial charge in [-0.3, -0.25) is 4.98 Å². The number of rotatable bonds is 7. The van der Waals surface area contributed by atoms with E-state index in [1.54, 1.807) is 0 Å². The van der Waals surface area contributed by atoms with E-state index in [9.17, 15) is 0 Å². The zero-order valence-corrected chi connectivity index (χ0v) is 21.1. The Morgan fingerprint density at radius 1 is 0.943 bits per heavy atom. The molecule has 2 aromatic heterocycles. The van der Waals surface area contributed by atoms with E-state index in [1.165, 1.54) is 5.56 Å². The van der Waals surface area contributed by atoms with Gasteiger partial charge < -0.3 is 19.5 Å². The number of ether oxygens (including phenoxy) is 1. The molecule has 2 atom stereocenters. The molecule has 0 spiro atoms. The number of hydrogen-bond acceptors (Lipinski definition) is 3. The Bertz CT molecular complexity index is 1280. The van der Waals surface area contributed by atoms with Gasteiger partial charge in [0, 0.05) is 29.5 Å². The van der Waals surface area contributed by atoms with E-state index in [0.717, 1.165) is 28.5 Å². The molecule has 1 N–H and O–H groups in total. The number of thiocarbonyl (C=S) groups is 1. The Morgan fingerprint density at radius 3 is 2.34 bits per heavy atom. The van der Waals surface area contributed by atoms with E-state index in [4.69, 9.17) is 17.0 Å². The van der Waals surface area contributed by atoms with Crippen LogP contribution in [0.1, 0.15) is 55.7 Å². The van der Waals surface area contributed by atoms with Crippen molar-refractivity contribution in [3.8, 4) is 11.4 Å². The molecule has 0 aliphatic carbocycles. The van der Waals surface area contributed by atoms with Crippen molar-refractivity contribution in [2.45, 2.75) is 38.8 Å². The normalized spacial score (nSPS) is 17.6. The topological polar surface area (TPSA) is 42.3 Å². The van der Waals surface area contributed by atoms with Crippen LogP contribution in [-0.2, 0) is 0 Å². The van der Waals surface area contributed by atoms with Crippen LogP contribution < -0.4 is 15.0 Å². The lowest BCUT2D eigenvalue weighted by atomic mass is 9.99. The summed E-state index contributed by atoms with van der Waals surface area (Å²) in [6, 6.07) is 27.0. The molecule has 1 saturated heterocycles. The fourth-order valence-corrected chi connectivity index (χ4v) is 5.04. The maximum atomic E-state index is 5.90. The first-order valence-electron chi connectivity index (χ1n) is 12.1. The van der Waals surface area contributed by atoms with E-state index < -0.39 is 0 Å². The van der Waals surface area contributed by atoms with E-state index in [1.807, 2.05) is 37.4 Å².